The van der Waals surface area contributed by atoms with E-state index in [0.717, 1.165) is 29.2 Å². The van der Waals surface area contributed by atoms with Gasteiger partial charge in [0.25, 0.3) is 0 Å². The molecule has 4 fully saturated rings. The molecule has 4 aliphatic carbocycles. The van der Waals surface area contributed by atoms with Gasteiger partial charge in [-0.05, 0) is 80.7 Å². The van der Waals surface area contributed by atoms with Gasteiger partial charge in [0.05, 0.1) is 5.60 Å². The van der Waals surface area contributed by atoms with E-state index in [1.54, 1.807) is 0 Å². The first-order chi connectivity index (χ1) is 9.70. The molecule has 0 aromatic carbocycles. The Kier molecular flexibility index (Phi) is 2.97. The van der Waals surface area contributed by atoms with Gasteiger partial charge in [0.2, 0.25) is 0 Å². The minimum absolute atomic E-state index is 0.426. The highest BCUT2D eigenvalue weighted by Gasteiger charge is 2.55. The lowest BCUT2D eigenvalue weighted by molar-refractivity contribution is -0.150. The predicted octanol–water partition coefficient (Wildman–Crippen LogP) is 2.62. The molecular weight excluding hydrogens is 248 g/mol. The second kappa shape index (κ2) is 4.60. The van der Waals surface area contributed by atoms with Crippen molar-refractivity contribution in [2.75, 3.05) is 6.54 Å². The molecule has 4 saturated carbocycles. The number of rotatable bonds is 4. The summed E-state index contributed by atoms with van der Waals surface area (Å²) < 4.78 is 0. The van der Waals surface area contributed by atoms with Gasteiger partial charge in [0.1, 0.15) is 0 Å². The Morgan fingerprint density at radius 3 is 2.30 bits per heavy atom. The Morgan fingerprint density at radius 1 is 1.15 bits per heavy atom. The largest absolute Gasteiger partial charge is 0.385 e. The molecule has 1 heterocycles. The van der Waals surface area contributed by atoms with Crippen LogP contribution in [0.4, 0.5) is 0 Å². The van der Waals surface area contributed by atoms with Crippen molar-refractivity contribution in [3.8, 4) is 0 Å². The zero-order chi connectivity index (χ0) is 13.7. The lowest BCUT2D eigenvalue weighted by Crippen LogP contribution is -2.54. The van der Waals surface area contributed by atoms with Crippen LogP contribution < -0.4 is 5.73 Å². The van der Waals surface area contributed by atoms with Gasteiger partial charge in [-0.1, -0.05) is 0 Å². The number of nitrogens with two attached hydrogens (primary N) is 1. The number of nitrogens with one attached hydrogen (secondary N) is 1. The van der Waals surface area contributed by atoms with E-state index in [1.807, 2.05) is 18.5 Å². The molecule has 4 aliphatic rings. The minimum atomic E-state index is -0.711. The zero-order valence-corrected chi connectivity index (χ0v) is 12.1. The normalized spacial score (nSPS) is 41.8. The predicted molar refractivity (Wildman–Crippen MR) is 78.9 cm³/mol. The average molecular weight is 274 g/mol. The van der Waals surface area contributed by atoms with Gasteiger partial charge in [-0.3, -0.25) is 0 Å². The highest BCUT2D eigenvalue weighted by Crippen LogP contribution is 2.61. The van der Waals surface area contributed by atoms with E-state index < -0.39 is 5.60 Å². The first-order valence-electron chi connectivity index (χ1n) is 8.26. The van der Waals surface area contributed by atoms with E-state index in [0.29, 0.717) is 18.9 Å². The molecule has 1 aromatic rings. The molecule has 110 valence electrons. The van der Waals surface area contributed by atoms with Crippen molar-refractivity contribution in [1.29, 1.82) is 0 Å². The van der Waals surface area contributed by atoms with Gasteiger partial charge in [-0.25, -0.2) is 0 Å². The quantitative estimate of drug-likeness (QED) is 0.790. The molecule has 3 nitrogen and oxygen atoms in total. The first kappa shape index (κ1) is 12.9. The van der Waals surface area contributed by atoms with Crippen molar-refractivity contribution in [2.45, 2.75) is 44.1 Å². The van der Waals surface area contributed by atoms with Crippen LogP contribution in [-0.2, 0) is 5.60 Å². The zero-order valence-electron chi connectivity index (χ0n) is 12.1. The van der Waals surface area contributed by atoms with Crippen molar-refractivity contribution >= 4 is 0 Å². The third kappa shape index (κ3) is 1.79. The van der Waals surface area contributed by atoms with Crippen LogP contribution >= 0.6 is 0 Å². The molecule has 1 aromatic heterocycles. The highest BCUT2D eigenvalue weighted by molar-refractivity contribution is 5.22. The summed E-state index contributed by atoms with van der Waals surface area (Å²) in [5.74, 6) is 3.76. The molecule has 0 aliphatic heterocycles. The van der Waals surface area contributed by atoms with Crippen molar-refractivity contribution in [3.63, 3.8) is 0 Å². The molecule has 1 unspecified atom stereocenters. The highest BCUT2D eigenvalue weighted by atomic mass is 16.3. The fraction of sp³-hybridized carbons (Fsp3) is 0.765. The summed E-state index contributed by atoms with van der Waals surface area (Å²) in [6.45, 7) is 0.560. The minimum Gasteiger partial charge on any atom is -0.385 e. The van der Waals surface area contributed by atoms with Crippen molar-refractivity contribution in [1.82, 2.24) is 4.98 Å². The number of aromatic nitrogens is 1. The molecule has 0 saturated heterocycles. The maximum atomic E-state index is 11.5. The van der Waals surface area contributed by atoms with Gasteiger partial charge in [0, 0.05) is 18.0 Å². The van der Waals surface area contributed by atoms with Crippen molar-refractivity contribution in [2.24, 2.45) is 35.3 Å². The van der Waals surface area contributed by atoms with Crippen LogP contribution in [0.25, 0.3) is 0 Å². The van der Waals surface area contributed by atoms with E-state index in [2.05, 4.69) is 4.98 Å². The van der Waals surface area contributed by atoms with Crippen LogP contribution in [-0.4, -0.2) is 16.6 Å². The third-order valence-corrected chi connectivity index (χ3v) is 6.40. The summed E-state index contributed by atoms with van der Waals surface area (Å²) in [6.07, 6.45) is 11.4. The molecule has 3 heteroatoms. The maximum absolute atomic E-state index is 11.5. The second-order valence-electron chi connectivity index (χ2n) is 7.52. The fourth-order valence-electron chi connectivity index (χ4n) is 6.02. The summed E-state index contributed by atoms with van der Waals surface area (Å²) in [5.41, 5.74) is 6.19. The SMILES string of the molecule is NCCC(O)(c1cc[nH]c1)C1C2CC3CC(C2)CC1C3. The number of hydrogen-bond acceptors (Lipinski definition) is 2. The van der Waals surface area contributed by atoms with E-state index in [1.165, 1.54) is 32.1 Å². The molecule has 0 amide bonds. The van der Waals surface area contributed by atoms with Crippen LogP contribution in [0.3, 0.4) is 0 Å². The molecule has 0 radical (unpaired) electrons. The van der Waals surface area contributed by atoms with Gasteiger partial charge < -0.3 is 15.8 Å². The summed E-state index contributed by atoms with van der Waals surface area (Å²) >= 11 is 0. The van der Waals surface area contributed by atoms with Crippen molar-refractivity contribution < 1.29 is 5.11 Å². The van der Waals surface area contributed by atoms with Gasteiger partial charge in [0.15, 0.2) is 0 Å². The van der Waals surface area contributed by atoms with Crippen LogP contribution in [0.2, 0.25) is 0 Å². The van der Waals surface area contributed by atoms with Crippen LogP contribution in [0.1, 0.15) is 44.1 Å². The van der Waals surface area contributed by atoms with Gasteiger partial charge in [-0.2, -0.15) is 0 Å². The maximum Gasteiger partial charge on any atom is 0.0956 e. The van der Waals surface area contributed by atoms with E-state index in [-0.39, 0.29) is 0 Å². The van der Waals surface area contributed by atoms with Crippen LogP contribution in [0.15, 0.2) is 18.5 Å². The first-order valence-corrected chi connectivity index (χ1v) is 8.26. The van der Waals surface area contributed by atoms with E-state index in [9.17, 15) is 5.11 Å². The fourth-order valence-corrected chi connectivity index (χ4v) is 6.02. The monoisotopic (exact) mass is 274 g/mol. The van der Waals surface area contributed by atoms with Crippen LogP contribution in [0.5, 0.6) is 0 Å². The second-order valence-corrected chi connectivity index (χ2v) is 7.52. The molecule has 1 atom stereocenters. The lowest BCUT2D eigenvalue weighted by atomic mass is 9.48. The Hall–Kier alpha value is -0.800. The van der Waals surface area contributed by atoms with Crippen molar-refractivity contribution in [3.05, 3.63) is 24.0 Å². The van der Waals surface area contributed by atoms with Crippen LogP contribution in [0, 0.1) is 29.6 Å². The molecule has 4 bridgehead atoms. The Balaban J connectivity index is 1.70. The Labute approximate surface area is 121 Å². The summed E-state index contributed by atoms with van der Waals surface area (Å²) in [7, 11) is 0. The molecule has 0 spiro atoms. The topological polar surface area (TPSA) is 62.0 Å². The summed E-state index contributed by atoms with van der Waals surface area (Å²) in [6, 6.07) is 2.04. The van der Waals surface area contributed by atoms with Gasteiger partial charge >= 0.3 is 0 Å². The average Bonchev–Trinajstić information content (AvgIpc) is 2.91. The number of aliphatic hydroxyl groups is 1. The third-order valence-electron chi connectivity index (χ3n) is 6.40. The van der Waals surface area contributed by atoms with Gasteiger partial charge in [-0.15, -0.1) is 0 Å². The van der Waals surface area contributed by atoms with E-state index >= 15 is 0 Å². The number of H-pyrrole nitrogens is 1. The number of aromatic amines is 1. The molecule has 20 heavy (non-hydrogen) atoms. The summed E-state index contributed by atoms with van der Waals surface area (Å²) in [5, 5.41) is 11.5. The molecular formula is C17H26N2O. The Morgan fingerprint density at radius 2 is 1.80 bits per heavy atom. The molecule has 4 N–H and O–H groups in total. The summed E-state index contributed by atoms with van der Waals surface area (Å²) in [4.78, 5) is 3.12. The smallest absolute Gasteiger partial charge is 0.0956 e. The number of hydrogen-bond donors (Lipinski definition) is 3. The standard InChI is InChI=1S/C17H26N2O/c18-3-2-17(20,15-1-4-19-10-15)16-13-6-11-5-12(8-13)9-14(16)7-11/h1,4,10-14,16,19-20H,2-3,5-9,18H2. The Bertz CT molecular complexity index is 441. The lowest BCUT2D eigenvalue weighted by Gasteiger charge is -2.58. The molecule has 5 rings (SSSR count). The van der Waals surface area contributed by atoms with E-state index in [4.69, 9.17) is 5.73 Å².